The van der Waals surface area contributed by atoms with Crippen LogP contribution in [0.4, 0.5) is 0 Å². The summed E-state index contributed by atoms with van der Waals surface area (Å²) in [5, 5.41) is 3.41. The molecule has 0 aromatic heterocycles. The maximum absolute atomic E-state index is 11.4. The lowest BCUT2D eigenvalue weighted by molar-refractivity contribution is -0.138. The van der Waals surface area contributed by atoms with Gasteiger partial charge in [-0.3, -0.25) is 14.5 Å². The van der Waals surface area contributed by atoms with E-state index < -0.39 is 0 Å². The van der Waals surface area contributed by atoms with Gasteiger partial charge in [0.1, 0.15) is 0 Å². The number of hydrogen-bond acceptors (Lipinski definition) is 3. The van der Waals surface area contributed by atoms with Crippen molar-refractivity contribution in [1.29, 1.82) is 0 Å². The van der Waals surface area contributed by atoms with Gasteiger partial charge in [0, 0.05) is 25.4 Å². The Labute approximate surface area is 90.0 Å². The first-order valence-electron chi connectivity index (χ1n) is 5.73. The normalized spacial score (nSPS) is 23.7. The zero-order valence-corrected chi connectivity index (χ0v) is 9.16. The lowest BCUT2D eigenvalue weighted by Gasteiger charge is -2.19. The highest BCUT2D eigenvalue weighted by molar-refractivity contribution is 6.01. The number of hydrogen-bond donors (Lipinski definition) is 1. The molecule has 4 nitrogen and oxygen atoms in total. The zero-order chi connectivity index (χ0) is 10.8. The highest BCUT2D eigenvalue weighted by Crippen LogP contribution is 2.19. The molecular weight excluding hydrogens is 192 g/mol. The number of nitrogens with zero attached hydrogens (tertiary/aromatic N) is 1. The maximum atomic E-state index is 11.4. The van der Waals surface area contributed by atoms with Crippen LogP contribution in [-0.2, 0) is 9.59 Å². The van der Waals surface area contributed by atoms with Gasteiger partial charge in [0.05, 0.1) is 0 Å². The lowest BCUT2D eigenvalue weighted by atomic mass is 10.1. The van der Waals surface area contributed by atoms with E-state index in [1.165, 1.54) is 17.7 Å². The van der Waals surface area contributed by atoms with Gasteiger partial charge in [0.2, 0.25) is 11.8 Å². The van der Waals surface area contributed by atoms with Crippen LogP contribution < -0.4 is 5.32 Å². The number of carbonyl (C=O) groups is 2. The third-order valence-electron chi connectivity index (χ3n) is 2.98. The van der Waals surface area contributed by atoms with Crippen LogP contribution in [0.5, 0.6) is 0 Å². The van der Waals surface area contributed by atoms with Crippen LogP contribution in [-0.4, -0.2) is 35.8 Å². The summed E-state index contributed by atoms with van der Waals surface area (Å²) in [5.41, 5.74) is 0. The molecule has 4 heteroatoms. The molecule has 0 aromatic carbocycles. The van der Waals surface area contributed by atoms with E-state index in [1.54, 1.807) is 0 Å². The van der Waals surface area contributed by atoms with Gasteiger partial charge in [-0.2, -0.15) is 0 Å². The quantitative estimate of drug-likeness (QED) is 0.673. The molecule has 15 heavy (non-hydrogen) atoms. The SMILES string of the molecule is CC(CNC1CC1)CN1C(=O)CCC1=O. The van der Waals surface area contributed by atoms with Crippen LogP contribution in [0.15, 0.2) is 0 Å². The first-order valence-corrected chi connectivity index (χ1v) is 5.73. The molecule has 1 saturated carbocycles. The monoisotopic (exact) mass is 210 g/mol. The van der Waals surface area contributed by atoms with E-state index in [1.807, 2.05) is 0 Å². The minimum absolute atomic E-state index is 0.00160. The molecule has 1 saturated heterocycles. The third-order valence-corrected chi connectivity index (χ3v) is 2.98. The van der Waals surface area contributed by atoms with Gasteiger partial charge >= 0.3 is 0 Å². The van der Waals surface area contributed by atoms with Crippen LogP contribution in [0.1, 0.15) is 32.6 Å². The van der Waals surface area contributed by atoms with Crippen molar-refractivity contribution >= 4 is 11.8 Å². The largest absolute Gasteiger partial charge is 0.314 e. The van der Waals surface area contributed by atoms with E-state index in [4.69, 9.17) is 0 Å². The van der Waals surface area contributed by atoms with Crippen molar-refractivity contribution < 1.29 is 9.59 Å². The van der Waals surface area contributed by atoms with Crippen molar-refractivity contribution in [2.45, 2.75) is 38.6 Å². The maximum Gasteiger partial charge on any atom is 0.229 e. The molecule has 1 unspecified atom stereocenters. The van der Waals surface area contributed by atoms with Crippen molar-refractivity contribution in [3.63, 3.8) is 0 Å². The van der Waals surface area contributed by atoms with Gasteiger partial charge in [0.15, 0.2) is 0 Å². The average Bonchev–Trinajstić information content (AvgIpc) is 2.98. The Morgan fingerprint density at radius 2 is 1.93 bits per heavy atom. The number of amides is 2. The fourth-order valence-electron chi connectivity index (χ4n) is 1.86. The summed E-state index contributed by atoms with van der Waals surface area (Å²) in [5.74, 6) is 0.355. The molecule has 1 aliphatic heterocycles. The van der Waals surface area contributed by atoms with E-state index in [-0.39, 0.29) is 11.8 Å². The highest BCUT2D eigenvalue weighted by atomic mass is 16.2. The molecule has 1 atom stereocenters. The van der Waals surface area contributed by atoms with E-state index in [9.17, 15) is 9.59 Å². The average molecular weight is 210 g/mol. The first kappa shape index (κ1) is 10.6. The van der Waals surface area contributed by atoms with E-state index >= 15 is 0 Å². The van der Waals surface area contributed by atoms with E-state index in [0.29, 0.717) is 31.3 Å². The van der Waals surface area contributed by atoms with Crippen LogP contribution in [0.25, 0.3) is 0 Å². The Balaban J connectivity index is 1.73. The van der Waals surface area contributed by atoms with Crippen LogP contribution >= 0.6 is 0 Å². The number of nitrogens with one attached hydrogen (secondary N) is 1. The Bertz CT molecular complexity index is 258. The third kappa shape index (κ3) is 2.78. The van der Waals surface area contributed by atoms with Crippen LogP contribution in [0.3, 0.4) is 0 Å². The molecule has 0 bridgehead atoms. The zero-order valence-electron chi connectivity index (χ0n) is 9.16. The van der Waals surface area contributed by atoms with Crippen LogP contribution in [0, 0.1) is 5.92 Å². The minimum Gasteiger partial charge on any atom is -0.314 e. The van der Waals surface area contributed by atoms with Gasteiger partial charge in [-0.15, -0.1) is 0 Å². The molecular formula is C11H18N2O2. The minimum atomic E-state index is -0.00160. The fourth-order valence-corrected chi connectivity index (χ4v) is 1.86. The Kier molecular flexibility index (Phi) is 3.05. The molecule has 1 heterocycles. The van der Waals surface area contributed by atoms with Gasteiger partial charge in [-0.05, 0) is 25.3 Å². The number of carbonyl (C=O) groups excluding carboxylic acids is 2. The topological polar surface area (TPSA) is 49.4 Å². The predicted molar refractivity (Wildman–Crippen MR) is 56.1 cm³/mol. The molecule has 2 aliphatic rings. The molecule has 1 aliphatic carbocycles. The molecule has 0 aromatic rings. The standard InChI is InChI=1S/C11H18N2O2/c1-8(6-12-9-2-3-9)7-13-10(14)4-5-11(13)15/h8-9,12H,2-7H2,1H3. The summed E-state index contributed by atoms with van der Waals surface area (Å²) in [7, 11) is 0. The molecule has 0 radical (unpaired) electrons. The Morgan fingerprint density at radius 3 is 2.47 bits per heavy atom. The molecule has 2 rings (SSSR count). The molecule has 2 fully saturated rings. The van der Waals surface area contributed by atoms with Crippen molar-refractivity contribution in [2.75, 3.05) is 13.1 Å². The summed E-state index contributed by atoms with van der Waals surface area (Å²) >= 11 is 0. The Hall–Kier alpha value is -0.900. The molecule has 2 amide bonds. The first-order chi connectivity index (χ1) is 7.16. The van der Waals surface area contributed by atoms with Gasteiger partial charge in [0.25, 0.3) is 0 Å². The smallest absolute Gasteiger partial charge is 0.229 e. The summed E-state index contributed by atoms with van der Waals surface area (Å²) in [4.78, 5) is 24.1. The summed E-state index contributed by atoms with van der Waals surface area (Å²) in [6.07, 6.45) is 3.35. The van der Waals surface area contributed by atoms with Crippen molar-refractivity contribution in [1.82, 2.24) is 10.2 Å². The van der Waals surface area contributed by atoms with E-state index in [2.05, 4.69) is 12.2 Å². The van der Waals surface area contributed by atoms with Gasteiger partial charge in [-0.1, -0.05) is 6.92 Å². The molecule has 1 N–H and O–H groups in total. The number of rotatable bonds is 5. The predicted octanol–water partition coefficient (Wildman–Crippen LogP) is 0.523. The molecule has 84 valence electrons. The second-order valence-corrected chi connectivity index (χ2v) is 4.69. The van der Waals surface area contributed by atoms with Crippen molar-refractivity contribution in [3.05, 3.63) is 0 Å². The molecule has 0 spiro atoms. The highest BCUT2D eigenvalue weighted by Gasteiger charge is 2.30. The second-order valence-electron chi connectivity index (χ2n) is 4.69. The van der Waals surface area contributed by atoms with E-state index in [0.717, 1.165) is 6.54 Å². The number of imide groups is 1. The fraction of sp³-hybridized carbons (Fsp3) is 0.818. The lowest BCUT2D eigenvalue weighted by Crippen LogP contribution is -2.37. The van der Waals surface area contributed by atoms with Gasteiger partial charge in [-0.25, -0.2) is 0 Å². The van der Waals surface area contributed by atoms with Crippen molar-refractivity contribution in [2.24, 2.45) is 5.92 Å². The number of likely N-dealkylation sites (tertiary alicyclic amines) is 1. The second kappa shape index (κ2) is 4.31. The van der Waals surface area contributed by atoms with Crippen molar-refractivity contribution in [3.8, 4) is 0 Å². The summed E-state index contributed by atoms with van der Waals surface area (Å²) < 4.78 is 0. The summed E-state index contributed by atoms with van der Waals surface area (Å²) in [6, 6.07) is 0.692. The van der Waals surface area contributed by atoms with Gasteiger partial charge < -0.3 is 5.32 Å². The Morgan fingerprint density at radius 1 is 1.33 bits per heavy atom. The summed E-state index contributed by atoms with van der Waals surface area (Å²) in [6.45, 7) is 3.56. The van der Waals surface area contributed by atoms with Crippen LogP contribution in [0.2, 0.25) is 0 Å².